The summed E-state index contributed by atoms with van der Waals surface area (Å²) in [6.45, 7) is 1.44. The maximum Gasteiger partial charge on any atom is 0.250 e. The number of fused-ring (bicyclic) bond motifs is 3. The highest BCUT2D eigenvalue weighted by Gasteiger charge is 2.27. The second-order valence-electron chi connectivity index (χ2n) is 8.28. The van der Waals surface area contributed by atoms with Crippen LogP contribution in [0.2, 0.25) is 5.02 Å². The van der Waals surface area contributed by atoms with Gasteiger partial charge in [0.1, 0.15) is 5.82 Å². The number of rotatable bonds is 6. The molecule has 1 aliphatic heterocycles. The largest absolute Gasteiger partial charge is 0.396 e. The number of nitrogens with zero attached hydrogens (tertiary/aromatic N) is 2. The van der Waals surface area contributed by atoms with Gasteiger partial charge in [0.05, 0.1) is 22.5 Å². The molecule has 6 nitrogen and oxygen atoms in total. The molecule has 0 fully saturated rings. The lowest BCUT2D eigenvalue weighted by Crippen LogP contribution is -2.18. The van der Waals surface area contributed by atoms with Crippen molar-refractivity contribution < 1.29 is 17.9 Å². The molecule has 1 N–H and O–H groups in total. The van der Waals surface area contributed by atoms with Crippen LogP contribution in [0, 0.1) is 5.82 Å². The summed E-state index contributed by atoms with van der Waals surface area (Å²) in [4.78, 5) is 17.4. The number of aliphatic imine (C=N–C) groups is 1. The first-order valence-electron chi connectivity index (χ1n) is 10.8. The first-order valence-corrected chi connectivity index (χ1v) is 13.0. The standard InChI is InChI=1S/C25H24ClFN2O4S/c1-3-34(32,33)14-15-4-6-17-19(10-15)21-13-29(2)24(31)12-20(21)23(8-9-30)28-25(17)18-7-5-16(27)11-22(18)26/h4-7,10-13,23,30H,3,8-9,14H2,1-2H3/t23-/m0/s1. The SMILES string of the molecule is CCS(=O)(=O)Cc1ccc2c(c1)-c1cn(C)c(=O)cc1[C@H](CCO)N=C2c1ccc(F)cc1Cl. The van der Waals surface area contributed by atoms with Gasteiger partial charge in [-0.1, -0.05) is 30.7 Å². The Kier molecular flexibility index (Phi) is 6.75. The Morgan fingerprint density at radius 3 is 2.50 bits per heavy atom. The summed E-state index contributed by atoms with van der Waals surface area (Å²) in [6, 6.07) is 10.3. The van der Waals surface area contributed by atoms with E-state index in [4.69, 9.17) is 16.6 Å². The Balaban J connectivity index is 2.05. The van der Waals surface area contributed by atoms with E-state index >= 15 is 0 Å². The summed E-state index contributed by atoms with van der Waals surface area (Å²) in [5.74, 6) is -0.588. The van der Waals surface area contributed by atoms with E-state index in [9.17, 15) is 22.7 Å². The van der Waals surface area contributed by atoms with Gasteiger partial charge in [-0.3, -0.25) is 9.79 Å². The number of sulfone groups is 1. The molecule has 3 aromatic rings. The molecule has 0 radical (unpaired) electrons. The molecule has 0 unspecified atom stereocenters. The van der Waals surface area contributed by atoms with Gasteiger partial charge >= 0.3 is 0 Å². The van der Waals surface area contributed by atoms with Gasteiger partial charge in [-0.2, -0.15) is 0 Å². The van der Waals surface area contributed by atoms with Crippen molar-refractivity contribution in [2.24, 2.45) is 12.0 Å². The Morgan fingerprint density at radius 1 is 1.09 bits per heavy atom. The van der Waals surface area contributed by atoms with Gasteiger partial charge in [0.25, 0.3) is 5.56 Å². The fourth-order valence-electron chi connectivity index (χ4n) is 4.15. The number of hydrogen-bond donors (Lipinski definition) is 1. The van der Waals surface area contributed by atoms with E-state index in [1.807, 2.05) is 0 Å². The fourth-order valence-corrected chi connectivity index (χ4v) is 5.29. The van der Waals surface area contributed by atoms with Crippen LogP contribution in [-0.2, 0) is 22.6 Å². The summed E-state index contributed by atoms with van der Waals surface area (Å²) in [5, 5.41) is 9.90. The van der Waals surface area contributed by atoms with Crippen molar-refractivity contribution in [1.29, 1.82) is 0 Å². The summed E-state index contributed by atoms with van der Waals surface area (Å²) in [6.07, 6.45) is 1.96. The van der Waals surface area contributed by atoms with Gasteiger partial charge < -0.3 is 9.67 Å². The maximum atomic E-state index is 13.8. The van der Waals surface area contributed by atoms with Gasteiger partial charge in [-0.15, -0.1) is 0 Å². The lowest BCUT2D eigenvalue weighted by atomic mass is 9.90. The minimum absolute atomic E-state index is 0.0195. The zero-order chi connectivity index (χ0) is 24.6. The summed E-state index contributed by atoms with van der Waals surface area (Å²) in [5.41, 5.74) is 4.05. The molecule has 0 amide bonds. The molecule has 178 valence electrons. The van der Waals surface area contributed by atoms with E-state index in [1.165, 1.54) is 22.8 Å². The number of aliphatic hydroxyl groups excluding tert-OH is 1. The van der Waals surface area contributed by atoms with Gasteiger partial charge in [0, 0.05) is 48.4 Å². The number of aryl methyl sites for hydroxylation is 1. The van der Waals surface area contributed by atoms with Crippen molar-refractivity contribution in [2.75, 3.05) is 12.4 Å². The van der Waals surface area contributed by atoms with E-state index in [-0.39, 0.29) is 35.1 Å². The molecule has 0 saturated carbocycles. The summed E-state index contributed by atoms with van der Waals surface area (Å²) in [7, 11) is -1.64. The van der Waals surface area contributed by atoms with Crippen LogP contribution >= 0.6 is 11.6 Å². The van der Waals surface area contributed by atoms with Crippen LogP contribution in [0.25, 0.3) is 11.1 Å². The maximum absolute atomic E-state index is 13.8. The first kappa shape index (κ1) is 24.3. The van der Waals surface area contributed by atoms with Crippen LogP contribution in [0.3, 0.4) is 0 Å². The van der Waals surface area contributed by atoms with Crippen molar-refractivity contribution in [3.8, 4) is 11.1 Å². The third kappa shape index (κ3) is 4.71. The molecule has 0 bridgehead atoms. The third-order valence-corrected chi connectivity index (χ3v) is 7.91. The van der Waals surface area contributed by atoms with Crippen LogP contribution in [0.5, 0.6) is 0 Å². The molecule has 2 heterocycles. The zero-order valence-electron chi connectivity index (χ0n) is 18.8. The molecule has 4 rings (SSSR count). The quantitative estimate of drug-likeness (QED) is 0.550. The normalized spacial score (nSPS) is 15.3. The molecule has 1 atom stereocenters. The van der Waals surface area contributed by atoms with Gasteiger partial charge in [0.2, 0.25) is 0 Å². The average molecular weight is 503 g/mol. The lowest BCUT2D eigenvalue weighted by molar-refractivity contribution is 0.277. The van der Waals surface area contributed by atoms with E-state index in [1.54, 1.807) is 44.4 Å². The molecule has 9 heteroatoms. The van der Waals surface area contributed by atoms with Crippen molar-refractivity contribution in [2.45, 2.75) is 25.1 Å². The number of aliphatic hydroxyl groups is 1. The van der Waals surface area contributed by atoms with Crippen molar-refractivity contribution >= 4 is 27.1 Å². The van der Waals surface area contributed by atoms with Crippen LogP contribution < -0.4 is 5.56 Å². The van der Waals surface area contributed by atoms with Crippen molar-refractivity contribution in [1.82, 2.24) is 4.57 Å². The number of pyridine rings is 1. The van der Waals surface area contributed by atoms with Crippen LogP contribution in [0.4, 0.5) is 4.39 Å². The van der Waals surface area contributed by atoms with E-state index in [0.717, 1.165) is 0 Å². The second-order valence-corrected chi connectivity index (χ2v) is 11.0. The molecule has 0 saturated heterocycles. The van der Waals surface area contributed by atoms with E-state index < -0.39 is 21.7 Å². The van der Waals surface area contributed by atoms with Crippen molar-refractivity contribution in [3.63, 3.8) is 0 Å². The molecule has 1 aromatic heterocycles. The summed E-state index contributed by atoms with van der Waals surface area (Å²) >= 11 is 6.40. The Hall–Kier alpha value is -2.81. The predicted octanol–water partition coefficient (Wildman–Crippen LogP) is 4.05. The highest BCUT2D eigenvalue weighted by molar-refractivity contribution is 7.90. The summed E-state index contributed by atoms with van der Waals surface area (Å²) < 4.78 is 39.8. The molecular formula is C25H24ClFN2O4S. The number of benzene rings is 2. The third-order valence-electron chi connectivity index (χ3n) is 5.95. The second kappa shape index (κ2) is 9.44. The Labute approximate surface area is 202 Å². The highest BCUT2D eigenvalue weighted by Crippen LogP contribution is 2.39. The topological polar surface area (TPSA) is 88.7 Å². The van der Waals surface area contributed by atoms with Crippen LogP contribution in [0.15, 0.2) is 58.4 Å². The molecule has 1 aliphatic rings. The van der Waals surface area contributed by atoms with E-state index in [0.29, 0.717) is 39.1 Å². The Bertz CT molecular complexity index is 1460. The molecule has 2 aromatic carbocycles. The number of halogens is 2. The van der Waals surface area contributed by atoms with E-state index in [2.05, 4.69) is 0 Å². The van der Waals surface area contributed by atoms with Crippen molar-refractivity contribution in [3.05, 3.63) is 92.1 Å². The number of hydrogen-bond acceptors (Lipinski definition) is 5. The highest BCUT2D eigenvalue weighted by atomic mass is 35.5. The van der Waals surface area contributed by atoms with Gasteiger partial charge in [-0.05, 0) is 47.4 Å². The first-order chi connectivity index (χ1) is 16.1. The molecular weight excluding hydrogens is 479 g/mol. The minimum atomic E-state index is -3.28. The minimum Gasteiger partial charge on any atom is -0.396 e. The molecule has 0 aliphatic carbocycles. The monoisotopic (exact) mass is 502 g/mol. The smallest absolute Gasteiger partial charge is 0.250 e. The molecule has 34 heavy (non-hydrogen) atoms. The predicted molar refractivity (Wildman–Crippen MR) is 132 cm³/mol. The fraction of sp³-hybridized carbons (Fsp3) is 0.280. The average Bonchev–Trinajstić information content (AvgIpc) is 2.90. The zero-order valence-corrected chi connectivity index (χ0v) is 20.3. The number of aromatic nitrogens is 1. The lowest BCUT2D eigenvalue weighted by Gasteiger charge is -2.16. The van der Waals surface area contributed by atoms with Gasteiger partial charge in [0.15, 0.2) is 9.84 Å². The van der Waals surface area contributed by atoms with Crippen LogP contribution in [-0.4, -0.2) is 36.2 Å². The van der Waals surface area contributed by atoms with Gasteiger partial charge in [-0.25, -0.2) is 12.8 Å². The Morgan fingerprint density at radius 2 is 1.82 bits per heavy atom. The molecule has 0 spiro atoms. The van der Waals surface area contributed by atoms with Crippen LogP contribution in [0.1, 0.15) is 41.6 Å².